The maximum absolute atomic E-state index is 6.09. The van der Waals surface area contributed by atoms with Crippen LogP contribution in [0.3, 0.4) is 0 Å². The third kappa shape index (κ3) is 4.07. The summed E-state index contributed by atoms with van der Waals surface area (Å²) in [6.45, 7) is 7.09. The third-order valence-corrected chi connectivity index (χ3v) is 4.93. The zero-order valence-corrected chi connectivity index (χ0v) is 15.2. The van der Waals surface area contributed by atoms with Crippen LogP contribution in [0.2, 0.25) is 0 Å². The Hall–Kier alpha value is -1.61. The predicted octanol–water partition coefficient (Wildman–Crippen LogP) is 5.88. The molecule has 0 radical (unpaired) electrons. The van der Waals surface area contributed by atoms with Crippen molar-refractivity contribution in [3.63, 3.8) is 0 Å². The highest BCUT2D eigenvalue weighted by Gasteiger charge is 2.18. The van der Waals surface area contributed by atoms with Gasteiger partial charge in [-0.3, -0.25) is 0 Å². The van der Waals surface area contributed by atoms with E-state index in [1.54, 1.807) is 0 Å². The van der Waals surface area contributed by atoms with Crippen LogP contribution in [-0.2, 0) is 17.8 Å². The molecule has 0 unspecified atom stereocenters. The van der Waals surface area contributed by atoms with E-state index in [1.165, 1.54) is 37.7 Å². The number of oxazole rings is 1. The van der Waals surface area contributed by atoms with Gasteiger partial charge in [-0.05, 0) is 36.5 Å². The second-order valence-corrected chi connectivity index (χ2v) is 7.09. The van der Waals surface area contributed by atoms with Crippen LogP contribution in [0.4, 0.5) is 0 Å². The lowest BCUT2D eigenvalue weighted by molar-refractivity contribution is 0.0148. The minimum Gasteiger partial charge on any atom is -0.441 e. The van der Waals surface area contributed by atoms with Crippen LogP contribution in [0.5, 0.6) is 0 Å². The van der Waals surface area contributed by atoms with Gasteiger partial charge in [0, 0.05) is 12.0 Å². The molecule has 1 aromatic carbocycles. The van der Waals surface area contributed by atoms with Gasteiger partial charge in [-0.15, -0.1) is 0 Å². The maximum Gasteiger partial charge on any atom is 0.226 e. The van der Waals surface area contributed by atoms with Crippen LogP contribution < -0.4 is 0 Å². The van der Waals surface area contributed by atoms with Crippen LogP contribution in [0.15, 0.2) is 28.7 Å². The predicted molar refractivity (Wildman–Crippen MR) is 97.1 cm³/mol. The monoisotopic (exact) mass is 327 g/mol. The molecule has 0 spiro atoms. The number of hydrogen-bond acceptors (Lipinski definition) is 3. The number of hydrogen-bond donors (Lipinski definition) is 0. The van der Waals surface area contributed by atoms with Crippen molar-refractivity contribution in [2.24, 2.45) is 0 Å². The SMILES string of the molecule is CCc1oc(-c2ccc(C(C)C)cc2)nc1COC1CCCCC1. The van der Waals surface area contributed by atoms with Crippen molar-refractivity contribution in [1.82, 2.24) is 4.98 Å². The summed E-state index contributed by atoms with van der Waals surface area (Å²) in [5.74, 6) is 2.20. The van der Waals surface area contributed by atoms with Gasteiger partial charge in [-0.1, -0.05) is 52.2 Å². The first-order valence-corrected chi connectivity index (χ1v) is 9.38. The summed E-state index contributed by atoms with van der Waals surface area (Å²) in [6, 6.07) is 8.53. The molecule has 1 heterocycles. The first-order chi connectivity index (χ1) is 11.7. The molecule has 130 valence electrons. The fourth-order valence-corrected chi connectivity index (χ4v) is 3.34. The molecule has 3 heteroatoms. The summed E-state index contributed by atoms with van der Waals surface area (Å²) < 4.78 is 12.1. The second-order valence-electron chi connectivity index (χ2n) is 7.09. The van der Waals surface area contributed by atoms with Gasteiger partial charge in [0.15, 0.2) is 0 Å². The van der Waals surface area contributed by atoms with E-state index in [-0.39, 0.29) is 0 Å². The molecule has 1 saturated carbocycles. The first kappa shape index (κ1) is 17.2. The summed E-state index contributed by atoms with van der Waals surface area (Å²) in [6.07, 6.45) is 7.54. The van der Waals surface area contributed by atoms with Crippen LogP contribution in [-0.4, -0.2) is 11.1 Å². The molecule has 1 aliphatic carbocycles. The maximum atomic E-state index is 6.09. The topological polar surface area (TPSA) is 35.3 Å². The van der Waals surface area contributed by atoms with Crippen molar-refractivity contribution >= 4 is 0 Å². The lowest BCUT2D eigenvalue weighted by Crippen LogP contribution is -2.16. The van der Waals surface area contributed by atoms with E-state index in [9.17, 15) is 0 Å². The smallest absolute Gasteiger partial charge is 0.226 e. The Morgan fingerprint density at radius 1 is 1.12 bits per heavy atom. The molecule has 0 amide bonds. The van der Waals surface area contributed by atoms with E-state index >= 15 is 0 Å². The highest BCUT2D eigenvalue weighted by molar-refractivity contribution is 5.54. The number of ether oxygens (including phenoxy) is 1. The van der Waals surface area contributed by atoms with Crippen molar-refractivity contribution in [2.75, 3.05) is 0 Å². The average molecular weight is 327 g/mol. The van der Waals surface area contributed by atoms with Crippen molar-refractivity contribution in [3.8, 4) is 11.5 Å². The minimum atomic E-state index is 0.397. The molecular formula is C21H29NO2. The zero-order chi connectivity index (χ0) is 16.9. The molecule has 0 aliphatic heterocycles. The number of rotatable bonds is 6. The van der Waals surface area contributed by atoms with Crippen LogP contribution >= 0.6 is 0 Å². The Balaban J connectivity index is 1.71. The molecule has 0 saturated heterocycles. The van der Waals surface area contributed by atoms with E-state index in [1.807, 2.05) is 0 Å². The van der Waals surface area contributed by atoms with E-state index in [0.717, 1.165) is 23.4 Å². The normalized spacial score (nSPS) is 16.0. The first-order valence-electron chi connectivity index (χ1n) is 9.38. The van der Waals surface area contributed by atoms with E-state index < -0.39 is 0 Å². The zero-order valence-electron chi connectivity index (χ0n) is 15.2. The van der Waals surface area contributed by atoms with E-state index in [0.29, 0.717) is 24.5 Å². The summed E-state index contributed by atoms with van der Waals surface area (Å²) in [7, 11) is 0. The third-order valence-electron chi connectivity index (χ3n) is 4.93. The molecule has 1 aliphatic rings. The molecule has 24 heavy (non-hydrogen) atoms. The van der Waals surface area contributed by atoms with E-state index in [2.05, 4.69) is 45.0 Å². The van der Waals surface area contributed by atoms with Gasteiger partial charge >= 0.3 is 0 Å². The number of aromatic nitrogens is 1. The van der Waals surface area contributed by atoms with Crippen molar-refractivity contribution in [3.05, 3.63) is 41.3 Å². The van der Waals surface area contributed by atoms with E-state index in [4.69, 9.17) is 14.1 Å². The summed E-state index contributed by atoms with van der Waals surface area (Å²) in [5.41, 5.74) is 3.34. The Bertz CT molecular complexity index is 636. The minimum absolute atomic E-state index is 0.397. The highest BCUT2D eigenvalue weighted by Crippen LogP contribution is 2.26. The number of benzene rings is 1. The number of aryl methyl sites for hydroxylation is 1. The van der Waals surface area contributed by atoms with Crippen molar-refractivity contribution in [2.45, 2.75) is 77.9 Å². The standard InChI is InChI=1S/C21H29NO2/c1-4-20-19(14-23-18-8-6-5-7-9-18)22-21(24-20)17-12-10-16(11-13-17)15(2)3/h10-13,15,18H,4-9,14H2,1-3H3. The molecular weight excluding hydrogens is 298 g/mol. The van der Waals surface area contributed by atoms with Crippen LogP contribution in [0.25, 0.3) is 11.5 Å². The molecule has 0 N–H and O–H groups in total. The lowest BCUT2D eigenvalue weighted by Gasteiger charge is -2.21. The lowest BCUT2D eigenvalue weighted by atomic mass is 9.98. The molecule has 3 nitrogen and oxygen atoms in total. The Morgan fingerprint density at radius 2 is 1.83 bits per heavy atom. The number of nitrogens with zero attached hydrogens (tertiary/aromatic N) is 1. The molecule has 1 fully saturated rings. The van der Waals surface area contributed by atoms with Crippen molar-refractivity contribution < 1.29 is 9.15 Å². The van der Waals surface area contributed by atoms with Crippen LogP contribution in [0.1, 0.15) is 75.8 Å². The molecule has 0 bridgehead atoms. The van der Waals surface area contributed by atoms with Gasteiger partial charge in [-0.2, -0.15) is 0 Å². The van der Waals surface area contributed by atoms with Gasteiger partial charge in [0.25, 0.3) is 0 Å². The second kappa shape index (κ2) is 7.98. The molecule has 0 atom stereocenters. The highest BCUT2D eigenvalue weighted by atomic mass is 16.5. The summed E-state index contributed by atoms with van der Waals surface area (Å²) in [5, 5.41) is 0. The summed E-state index contributed by atoms with van der Waals surface area (Å²) >= 11 is 0. The van der Waals surface area contributed by atoms with Gasteiger partial charge in [0.05, 0.1) is 12.7 Å². The largest absolute Gasteiger partial charge is 0.441 e. The average Bonchev–Trinajstić information content (AvgIpc) is 3.04. The fraction of sp³-hybridized carbons (Fsp3) is 0.571. The van der Waals surface area contributed by atoms with Gasteiger partial charge in [0.2, 0.25) is 5.89 Å². The Morgan fingerprint density at radius 3 is 2.46 bits per heavy atom. The summed E-state index contributed by atoms with van der Waals surface area (Å²) in [4.78, 5) is 4.72. The van der Waals surface area contributed by atoms with Gasteiger partial charge < -0.3 is 9.15 Å². The molecule has 2 aromatic rings. The molecule has 3 rings (SSSR count). The van der Waals surface area contributed by atoms with Crippen molar-refractivity contribution in [1.29, 1.82) is 0 Å². The Labute approximate surface area is 145 Å². The Kier molecular flexibility index (Phi) is 5.72. The quantitative estimate of drug-likeness (QED) is 0.665. The fourth-order valence-electron chi connectivity index (χ4n) is 3.34. The van der Waals surface area contributed by atoms with Gasteiger partial charge in [-0.25, -0.2) is 4.98 Å². The van der Waals surface area contributed by atoms with Gasteiger partial charge in [0.1, 0.15) is 11.5 Å². The molecule has 1 aromatic heterocycles. The van der Waals surface area contributed by atoms with Crippen LogP contribution in [0, 0.1) is 0 Å².